The first-order chi connectivity index (χ1) is 9.90. The molecule has 21 heavy (non-hydrogen) atoms. The molecule has 0 unspecified atom stereocenters. The number of rotatable bonds is 3. The summed E-state index contributed by atoms with van der Waals surface area (Å²) in [5, 5.41) is 0. The van der Waals surface area contributed by atoms with Gasteiger partial charge in [-0.2, -0.15) is 0 Å². The summed E-state index contributed by atoms with van der Waals surface area (Å²) in [6.45, 7) is 3.33. The molecule has 0 spiro atoms. The molecule has 112 valence electrons. The zero-order valence-electron chi connectivity index (χ0n) is 11.6. The van der Waals surface area contributed by atoms with E-state index in [1.165, 1.54) is 0 Å². The van der Waals surface area contributed by atoms with Crippen LogP contribution < -0.4 is 4.74 Å². The van der Waals surface area contributed by atoms with Crippen LogP contribution in [-0.2, 0) is 0 Å². The highest BCUT2D eigenvalue weighted by atomic mass is 35.6. The number of aliphatic imine (C=N–C) groups is 3. The Labute approximate surface area is 138 Å². The van der Waals surface area contributed by atoms with Gasteiger partial charge in [-0.1, -0.05) is 53.0 Å². The van der Waals surface area contributed by atoms with Gasteiger partial charge in [0.25, 0.3) is 0 Å². The molecule has 1 aromatic carbocycles. The van der Waals surface area contributed by atoms with Crippen molar-refractivity contribution < 1.29 is 4.74 Å². The lowest BCUT2D eigenvalue weighted by atomic mass is 10.2. The Morgan fingerprint density at radius 2 is 1.86 bits per heavy atom. The highest BCUT2D eigenvalue weighted by Gasteiger charge is 2.27. The van der Waals surface area contributed by atoms with Gasteiger partial charge in [-0.15, -0.1) is 0 Å². The van der Waals surface area contributed by atoms with E-state index in [0.717, 1.165) is 11.3 Å². The maximum atomic E-state index is 5.72. The maximum absolute atomic E-state index is 5.72. The molecule has 0 aliphatic carbocycles. The average Bonchev–Trinajstić information content (AvgIpc) is 2.46. The molecule has 0 fully saturated rings. The Morgan fingerprint density at radius 3 is 2.29 bits per heavy atom. The van der Waals surface area contributed by atoms with Crippen LogP contribution in [0.3, 0.4) is 0 Å². The van der Waals surface area contributed by atoms with Gasteiger partial charge >= 0.3 is 0 Å². The second-order valence-corrected chi connectivity index (χ2v) is 6.06. The van der Waals surface area contributed by atoms with E-state index >= 15 is 0 Å². The minimum absolute atomic E-state index is 0.0347. The van der Waals surface area contributed by atoms with Crippen molar-refractivity contribution in [1.29, 1.82) is 0 Å². The second kappa shape index (κ2) is 8.17. The molecular formula is C14H14Cl3N3O. The number of alkyl halides is 3. The van der Waals surface area contributed by atoms with Gasteiger partial charge in [-0.05, 0) is 30.5 Å². The summed E-state index contributed by atoms with van der Waals surface area (Å²) in [6.07, 6.45) is 3.51. The van der Waals surface area contributed by atoms with E-state index in [4.69, 9.17) is 39.5 Å². The molecule has 1 rings (SSSR count). The normalized spacial score (nSPS) is 13.6. The maximum Gasteiger partial charge on any atom is 0.250 e. The lowest BCUT2D eigenvalue weighted by Crippen LogP contribution is -2.17. The molecule has 0 N–H and O–H groups in total. The van der Waals surface area contributed by atoms with E-state index in [0.29, 0.717) is 5.84 Å². The summed E-state index contributed by atoms with van der Waals surface area (Å²) in [6, 6.07) is 7.50. The van der Waals surface area contributed by atoms with Crippen LogP contribution in [0.2, 0.25) is 0 Å². The highest BCUT2D eigenvalue weighted by molar-refractivity contribution is 6.77. The molecule has 0 atom stereocenters. The first-order valence-corrected chi connectivity index (χ1v) is 6.95. The number of methoxy groups -OCH3 is 1. The fourth-order valence-corrected chi connectivity index (χ4v) is 1.65. The monoisotopic (exact) mass is 345 g/mol. The third-order valence-corrected chi connectivity index (χ3v) is 2.90. The van der Waals surface area contributed by atoms with Crippen molar-refractivity contribution in [2.45, 2.75) is 3.79 Å². The summed E-state index contributed by atoms with van der Waals surface area (Å²) in [5.41, 5.74) is 0.953. The molecule has 0 aromatic heterocycles. The van der Waals surface area contributed by atoms with Crippen molar-refractivity contribution in [3.8, 4) is 5.75 Å². The van der Waals surface area contributed by atoms with E-state index < -0.39 is 3.79 Å². The van der Waals surface area contributed by atoms with E-state index in [9.17, 15) is 0 Å². The topological polar surface area (TPSA) is 46.3 Å². The van der Waals surface area contributed by atoms with Gasteiger partial charge < -0.3 is 4.74 Å². The summed E-state index contributed by atoms with van der Waals surface area (Å²) in [7, 11) is 3.19. The van der Waals surface area contributed by atoms with Crippen molar-refractivity contribution in [1.82, 2.24) is 0 Å². The van der Waals surface area contributed by atoms with Gasteiger partial charge in [0, 0.05) is 7.05 Å². The first-order valence-electron chi connectivity index (χ1n) is 5.82. The average molecular weight is 347 g/mol. The van der Waals surface area contributed by atoms with Gasteiger partial charge in [-0.25, -0.2) is 9.98 Å². The van der Waals surface area contributed by atoms with Crippen LogP contribution in [-0.4, -0.2) is 36.3 Å². The third-order valence-electron chi connectivity index (χ3n) is 2.39. The molecule has 0 aliphatic heterocycles. The van der Waals surface area contributed by atoms with Crippen LogP contribution in [0.1, 0.15) is 5.56 Å². The van der Waals surface area contributed by atoms with E-state index in [1.807, 2.05) is 30.3 Å². The molecule has 0 aliphatic rings. The number of hydrogen-bond acceptors (Lipinski definition) is 2. The van der Waals surface area contributed by atoms with Crippen molar-refractivity contribution in [2.75, 3.05) is 14.2 Å². The van der Waals surface area contributed by atoms with Crippen LogP contribution in [0, 0.1) is 0 Å². The van der Waals surface area contributed by atoms with Gasteiger partial charge in [0.1, 0.15) is 11.6 Å². The Kier molecular flexibility index (Phi) is 6.89. The van der Waals surface area contributed by atoms with E-state index in [2.05, 4.69) is 21.7 Å². The standard InChI is InChI=1S/C14H14Cl3N3O/c1-18-12(20-13(19-2)14(15,16)17)9-6-10-4-7-11(21-3)8-5-10/h4-9H,2H2,1,3H3/b9-6-,18-12?,20-13?. The summed E-state index contributed by atoms with van der Waals surface area (Å²) >= 11 is 17.2. The van der Waals surface area contributed by atoms with Gasteiger partial charge in [-0.3, -0.25) is 4.99 Å². The molecule has 4 nitrogen and oxygen atoms in total. The SMILES string of the molecule is C=NC(=NC(/C=C\c1ccc(OC)cc1)=NC)C(Cl)(Cl)Cl. The van der Waals surface area contributed by atoms with Crippen LogP contribution in [0.5, 0.6) is 5.75 Å². The lowest BCUT2D eigenvalue weighted by Gasteiger charge is -2.09. The molecular weight excluding hydrogens is 333 g/mol. The Bertz CT molecular complexity index is 572. The molecule has 7 heteroatoms. The lowest BCUT2D eigenvalue weighted by molar-refractivity contribution is 0.415. The predicted octanol–water partition coefficient (Wildman–Crippen LogP) is 4.21. The zero-order valence-corrected chi connectivity index (χ0v) is 13.8. The number of nitrogens with zero attached hydrogens (tertiary/aromatic N) is 3. The Balaban J connectivity index is 2.94. The summed E-state index contributed by atoms with van der Waals surface area (Å²) in [4.78, 5) is 11.7. The van der Waals surface area contributed by atoms with Gasteiger partial charge in [0.2, 0.25) is 3.79 Å². The molecule has 0 saturated heterocycles. The minimum atomic E-state index is -1.74. The quantitative estimate of drug-likeness (QED) is 0.459. The molecule has 1 aromatic rings. The second-order valence-electron chi connectivity index (χ2n) is 3.78. The third kappa shape index (κ3) is 5.87. The summed E-state index contributed by atoms with van der Waals surface area (Å²) in [5.74, 6) is 1.11. The zero-order chi connectivity index (χ0) is 15.9. The number of ether oxygens (including phenoxy) is 1. The Morgan fingerprint density at radius 1 is 1.24 bits per heavy atom. The van der Waals surface area contributed by atoms with Crippen LogP contribution in [0.4, 0.5) is 0 Å². The largest absolute Gasteiger partial charge is 0.497 e. The van der Waals surface area contributed by atoms with Crippen molar-refractivity contribution in [2.24, 2.45) is 15.0 Å². The molecule has 0 radical (unpaired) electrons. The Hall–Kier alpha value is -1.36. The molecule has 0 saturated carbocycles. The minimum Gasteiger partial charge on any atom is -0.497 e. The molecule has 0 bridgehead atoms. The predicted molar refractivity (Wildman–Crippen MR) is 92.7 cm³/mol. The fraction of sp³-hybridized carbons (Fsp3) is 0.214. The molecule has 0 amide bonds. The fourth-order valence-electron chi connectivity index (χ4n) is 1.34. The number of halogens is 3. The number of benzene rings is 1. The van der Waals surface area contributed by atoms with Crippen molar-refractivity contribution >= 4 is 59.3 Å². The van der Waals surface area contributed by atoms with Crippen molar-refractivity contribution in [3.05, 3.63) is 35.9 Å². The smallest absolute Gasteiger partial charge is 0.250 e. The highest BCUT2D eigenvalue weighted by Crippen LogP contribution is 2.28. The van der Waals surface area contributed by atoms with Crippen LogP contribution >= 0.6 is 34.8 Å². The van der Waals surface area contributed by atoms with Crippen molar-refractivity contribution in [3.63, 3.8) is 0 Å². The van der Waals surface area contributed by atoms with E-state index in [1.54, 1.807) is 20.2 Å². The van der Waals surface area contributed by atoms with E-state index in [-0.39, 0.29) is 5.84 Å². The number of hydrogen-bond donors (Lipinski definition) is 0. The van der Waals surface area contributed by atoms with Gasteiger partial charge in [0.15, 0.2) is 5.84 Å². The molecule has 0 heterocycles. The van der Waals surface area contributed by atoms with Gasteiger partial charge in [0.05, 0.1) is 7.11 Å². The van der Waals surface area contributed by atoms with Crippen LogP contribution in [0.15, 0.2) is 45.3 Å². The number of amidine groups is 2. The first kappa shape index (κ1) is 17.7. The van der Waals surface area contributed by atoms with Crippen LogP contribution in [0.25, 0.3) is 6.08 Å². The summed E-state index contributed by atoms with van der Waals surface area (Å²) < 4.78 is 3.34.